The lowest BCUT2D eigenvalue weighted by Gasteiger charge is -2.09. The van der Waals surface area contributed by atoms with Gasteiger partial charge in [-0.1, -0.05) is 76.6 Å². The van der Waals surface area contributed by atoms with Crippen LogP contribution in [0.15, 0.2) is 42.6 Å². The van der Waals surface area contributed by atoms with Gasteiger partial charge in [-0.2, -0.15) is 0 Å². The van der Waals surface area contributed by atoms with Crippen molar-refractivity contribution in [3.63, 3.8) is 0 Å². The van der Waals surface area contributed by atoms with Crippen LogP contribution in [0, 0.1) is 0 Å². The number of pyridine rings is 1. The summed E-state index contributed by atoms with van der Waals surface area (Å²) in [6, 6.07) is 11.9. The van der Waals surface area contributed by atoms with Crippen LogP contribution in [0.3, 0.4) is 0 Å². The van der Waals surface area contributed by atoms with Crippen molar-refractivity contribution in [3.05, 3.63) is 48.2 Å². The zero-order chi connectivity index (χ0) is 18.6. The van der Waals surface area contributed by atoms with E-state index in [1.54, 1.807) is 6.20 Å². The first-order valence-electron chi connectivity index (χ1n) is 10.1. The third kappa shape index (κ3) is 6.80. The van der Waals surface area contributed by atoms with E-state index in [1.165, 1.54) is 38.5 Å². The molecule has 2 rings (SSSR count). The maximum Gasteiger partial charge on any atom is 0.137 e. The summed E-state index contributed by atoms with van der Waals surface area (Å²) in [6.45, 7) is 4.99. The van der Waals surface area contributed by atoms with Crippen molar-refractivity contribution in [2.75, 3.05) is 6.61 Å². The molecule has 26 heavy (non-hydrogen) atoms. The molecule has 1 aromatic heterocycles. The van der Waals surface area contributed by atoms with Gasteiger partial charge in [-0.3, -0.25) is 4.98 Å². The zero-order valence-corrected chi connectivity index (χ0v) is 16.3. The molecule has 142 valence electrons. The molecule has 3 nitrogen and oxygen atoms in total. The van der Waals surface area contributed by atoms with Gasteiger partial charge in [0.1, 0.15) is 5.75 Å². The van der Waals surface area contributed by atoms with Crippen molar-refractivity contribution in [3.8, 4) is 17.0 Å². The average molecular weight is 356 g/mol. The van der Waals surface area contributed by atoms with Gasteiger partial charge in [0, 0.05) is 5.56 Å². The number of benzene rings is 1. The second-order valence-corrected chi connectivity index (χ2v) is 6.89. The summed E-state index contributed by atoms with van der Waals surface area (Å²) in [5, 5.41) is 9.87. The van der Waals surface area contributed by atoms with Crippen LogP contribution >= 0.6 is 0 Å². The van der Waals surface area contributed by atoms with Crippen molar-refractivity contribution in [1.29, 1.82) is 0 Å². The number of hydrogen-bond acceptors (Lipinski definition) is 3. The summed E-state index contributed by atoms with van der Waals surface area (Å²) < 4.78 is 5.79. The van der Waals surface area contributed by atoms with Gasteiger partial charge in [0.2, 0.25) is 0 Å². The second-order valence-electron chi connectivity index (χ2n) is 6.89. The number of aromatic nitrogens is 1. The fraction of sp³-hybridized carbons (Fsp3) is 0.522. The highest BCUT2D eigenvalue weighted by Gasteiger charge is 2.06. The van der Waals surface area contributed by atoms with Gasteiger partial charge in [0.05, 0.1) is 24.6 Å². The molecule has 0 aliphatic heterocycles. The molecule has 1 aromatic carbocycles. The molecule has 0 amide bonds. The molecule has 0 aliphatic carbocycles. The van der Waals surface area contributed by atoms with E-state index in [1.807, 2.05) is 43.3 Å². The van der Waals surface area contributed by atoms with E-state index in [0.29, 0.717) is 0 Å². The molecule has 3 heteroatoms. The van der Waals surface area contributed by atoms with Crippen LogP contribution < -0.4 is 4.74 Å². The number of nitrogens with zero attached hydrogens (tertiary/aromatic N) is 1. The minimum absolute atomic E-state index is 0.389. The van der Waals surface area contributed by atoms with Gasteiger partial charge in [-0.05, 0) is 30.5 Å². The summed E-state index contributed by atoms with van der Waals surface area (Å²) in [4.78, 5) is 4.50. The lowest BCUT2D eigenvalue weighted by atomic mass is 10.0. The smallest absolute Gasteiger partial charge is 0.137 e. The summed E-state index contributed by atoms with van der Waals surface area (Å²) in [6.07, 6.45) is 11.2. The number of rotatable bonds is 12. The fourth-order valence-corrected chi connectivity index (χ4v) is 3.00. The molecule has 2 aromatic rings. The number of ether oxygens (including phenoxy) is 1. The fourth-order valence-electron chi connectivity index (χ4n) is 3.00. The van der Waals surface area contributed by atoms with Crippen LogP contribution in [0.1, 0.15) is 76.9 Å². The van der Waals surface area contributed by atoms with Gasteiger partial charge >= 0.3 is 0 Å². The van der Waals surface area contributed by atoms with Crippen molar-refractivity contribution in [1.82, 2.24) is 4.98 Å². The Morgan fingerprint density at radius 3 is 2.19 bits per heavy atom. The topological polar surface area (TPSA) is 42.4 Å². The highest BCUT2D eigenvalue weighted by molar-refractivity contribution is 5.59. The summed E-state index contributed by atoms with van der Waals surface area (Å²) in [7, 11) is 0. The van der Waals surface area contributed by atoms with Crippen LogP contribution in [0.2, 0.25) is 0 Å². The first kappa shape index (κ1) is 20.4. The molecule has 0 spiro atoms. The third-order valence-corrected chi connectivity index (χ3v) is 4.73. The maximum absolute atomic E-state index is 9.87. The molecule has 1 heterocycles. The average Bonchev–Trinajstić information content (AvgIpc) is 2.70. The minimum Gasteiger partial charge on any atom is -0.492 e. The standard InChI is InChI=1S/C23H33NO2/c1-3-5-6-7-8-9-10-17-26-21-15-16-22(24-18-21)19-11-13-20(14-12-19)23(25)4-2/h11-16,18,23,25H,3-10,17H2,1-2H3. The normalized spacial score (nSPS) is 12.1. The third-order valence-electron chi connectivity index (χ3n) is 4.73. The van der Waals surface area contributed by atoms with E-state index in [0.717, 1.165) is 42.0 Å². The Labute approximate surface area is 158 Å². The zero-order valence-electron chi connectivity index (χ0n) is 16.3. The van der Waals surface area contributed by atoms with Crippen LogP contribution in [0.25, 0.3) is 11.3 Å². The Kier molecular flexibility index (Phi) is 9.19. The van der Waals surface area contributed by atoms with Gasteiger partial charge in [-0.25, -0.2) is 0 Å². The quantitative estimate of drug-likeness (QED) is 0.453. The minimum atomic E-state index is -0.389. The van der Waals surface area contributed by atoms with E-state index >= 15 is 0 Å². The van der Waals surface area contributed by atoms with Crippen molar-refractivity contribution in [2.45, 2.75) is 71.3 Å². The highest BCUT2D eigenvalue weighted by atomic mass is 16.5. The largest absolute Gasteiger partial charge is 0.492 e. The number of unbranched alkanes of at least 4 members (excludes halogenated alkanes) is 6. The Morgan fingerprint density at radius 1 is 0.885 bits per heavy atom. The highest BCUT2D eigenvalue weighted by Crippen LogP contribution is 2.23. The van der Waals surface area contributed by atoms with Crippen molar-refractivity contribution < 1.29 is 9.84 Å². The predicted octanol–water partition coefficient (Wildman–Crippen LogP) is 6.32. The number of aliphatic hydroxyl groups excluding tert-OH is 1. The van der Waals surface area contributed by atoms with E-state index < -0.39 is 0 Å². The summed E-state index contributed by atoms with van der Waals surface area (Å²) >= 11 is 0. The molecule has 0 saturated heterocycles. The number of hydrogen-bond donors (Lipinski definition) is 1. The lowest BCUT2D eigenvalue weighted by Crippen LogP contribution is -1.98. The van der Waals surface area contributed by atoms with Gasteiger partial charge in [0.25, 0.3) is 0 Å². The molecule has 0 fully saturated rings. The van der Waals surface area contributed by atoms with E-state index in [2.05, 4.69) is 11.9 Å². The molecule has 1 atom stereocenters. The maximum atomic E-state index is 9.87. The van der Waals surface area contributed by atoms with Crippen molar-refractivity contribution in [2.24, 2.45) is 0 Å². The monoisotopic (exact) mass is 355 g/mol. The van der Waals surface area contributed by atoms with Crippen LogP contribution in [0.5, 0.6) is 5.75 Å². The molecule has 0 saturated carbocycles. The Hall–Kier alpha value is -1.87. The second kappa shape index (κ2) is 11.7. The van der Waals surface area contributed by atoms with Crippen molar-refractivity contribution >= 4 is 0 Å². The van der Waals surface area contributed by atoms with E-state index in [-0.39, 0.29) is 6.10 Å². The van der Waals surface area contributed by atoms with Gasteiger partial charge in [0.15, 0.2) is 0 Å². The molecular weight excluding hydrogens is 322 g/mol. The SMILES string of the molecule is CCCCCCCCCOc1ccc(-c2ccc(C(O)CC)cc2)nc1. The van der Waals surface area contributed by atoms with Gasteiger partial charge < -0.3 is 9.84 Å². The predicted molar refractivity (Wildman–Crippen MR) is 108 cm³/mol. The molecule has 0 bridgehead atoms. The lowest BCUT2D eigenvalue weighted by molar-refractivity contribution is 0.173. The molecule has 1 unspecified atom stereocenters. The first-order valence-corrected chi connectivity index (χ1v) is 10.1. The molecule has 0 aliphatic rings. The number of aliphatic hydroxyl groups is 1. The summed E-state index contributed by atoms with van der Waals surface area (Å²) in [5.41, 5.74) is 2.92. The van der Waals surface area contributed by atoms with Crippen LogP contribution in [-0.2, 0) is 0 Å². The van der Waals surface area contributed by atoms with E-state index in [4.69, 9.17) is 4.74 Å². The summed E-state index contributed by atoms with van der Waals surface area (Å²) in [5.74, 6) is 0.831. The Morgan fingerprint density at radius 2 is 1.58 bits per heavy atom. The Balaban J connectivity index is 1.74. The van der Waals surface area contributed by atoms with E-state index in [9.17, 15) is 5.11 Å². The Bertz CT molecular complexity index is 607. The first-order chi connectivity index (χ1) is 12.7. The molecule has 0 radical (unpaired) electrons. The van der Waals surface area contributed by atoms with Crippen LogP contribution in [-0.4, -0.2) is 16.7 Å². The molecular formula is C23H33NO2. The van der Waals surface area contributed by atoms with Gasteiger partial charge in [-0.15, -0.1) is 0 Å². The van der Waals surface area contributed by atoms with Crippen LogP contribution in [0.4, 0.5) is 0 Å². The molecule has 1 N–H and O–H groups in total.